The number of imidazole rings is 2. The summed E-state index contributed by atoms with van der Waals surface area (Å²) in [6.07, 6.45) is 6.84. The van der Waals surface area contributed by atoms with Crippen LogP contribution in [0.1, 0.15) is 19.2 Å². The van der Waals surface area contributed by atoms with Crippen molar-refractivity contribution in [3.05, 3.63) is 24.5 Å². The number of nitrogens with one attached hydrogen (secondary N) is 1. The average Bonchev–Trinajstić information content (AvgIpc) is 2.96. The Bertz CT molecular complexity index is 668. The maximum Gasteiger partial charge on any atom is 0.214 e. The van der Waals surface area contributed by atoms with E-state index in [4.69, 9.17) is 5.73 Å². The Morgan fingerprint density at radius 3 is 2.94 bits per heavy atom. The van der Waals surface area contributed by atoms with E-state index in [-0.39, 0.29) is 0 Å². The number of aromatic amines is 1. The number of fused-ring (bicyclic) bond motifs is 1. The summed E-state index contributed by atoms with van der Waals surface area (Å²) >= 11 is 0. The summed E-state index contributed by atoms with van der Waals surface area (Å²) in [7, 11) is 0. The lowest BCUT2D eigenvalue weighted by Gasteiger charge is -2.02. The molecule has 0 aromatic carbocycles. The lowest BCUT2D eigenvalue weighted by atomic mass is 10.3. The molecule has 0 unspecified atom stereocenters. The molecule has 0 aliphatic heterocycles. The molecule has 3 rings (SSSR count). The largest absolute Gasteiger partial charge is 0.382 e. The van der Waals surface area contributed by atoms with Crippen LogP contribution in [-0.2, 0) is 6.42 Å². The van der Waals surface area contributed by atoms with Crippen molar-refractivity contribution in [2.75, 3.05) is 5.73 Å². The predicted octanol–water partition coefficient (Wildman–Crippen LogP) is 1.07. The molecule has 3 aromatic rings. The molecule has 0 atom stereocenters. The van der Waals surface area contributed by atoms with E-state index in [0.29, 0.717) is 22.9 Å². The molecule has 0 aliphatic rings. The second-order valence-corrected chi connectivity index (χ2v) is 3.97. The van der Waals surface area contributed by atoms with Crippen LogP contribution >= 0.6 is 0 Å². The molecule has 0 saturated heterocycles. The third-order valence-corrected chi connectivity index (χ3v) is 2.65. The van der Waals surface area contributed by atoms with E-state index in [1.165, 1.54) is 0 Å². The predicted molar refractivity (Wildman–Crippen MR) is 67.2 cm³/mol. The van der Waals surface area contributed by atoms with E-state index in [1.54, 1.807) is 23.3 Å². The minimum Gasteiger partial charge on any atom is -0.382 e. The minimum absolute atomic E-state index is 0.411. The second kappa shape index (κ2) is 4.10. The van der Waals surface area contributed by atoms with Crippen LogP contribution in [0.15, 0.2) is 18.7 Å². The van der Waals surface area contributed by atoms with Crippen LogP contribution in [-0.4, -0.2) is 29.5 Å². The van der Waals surface area contributed by atoms with E-state index in [1.807, 2.05) is 0 Å². The third kappa shape index (κ3) is 1.60. The zero-order valence-electron chi connectivity index (χ0n) is 9.96. The SMILES string of the molecule is CCCc1nc(N)c2ncn(-c3ncc[nH]3)c2n1. The molecule has 7 nitrogen and oxygen atoms in total. The van der Waals surface area contributed by atoms with Crippen molar-refractivity contribution < 1.29 is 0 Å². The van der Waals surface area contributed by atoms with Crippen LogP contribution < -0.4 is 5.73 Å². The molecule has 3 aromatic heterocycles. The van der Waals surface area contributed by atoms with Crippen LogP contribution in [0.25, 0.3) is 17.1 Å². The molecular formula is C11H13N7. The standard InChI is InChI=1S/C11H13N7/c1-2-3-7-16-9(12)8-10(17-7)18(6-15-8)11-13-4-5-14-11/h4-6H,2-3H2,1H3,(H,13,14)(H2,12,16,17). The smallest absolute Gasteiger partial charge is 0.214 e. The lowest BCUT2D eigenvalue weighted by Crippen LogP contribution is -2.03. The number of H-pyrrole nitrogens is 1. The fraction of sp³-hybridized carbons (Fsp3) is 0.273. The van der Waals surface area contributed by atoms with E-state index in [2.05, 4.69) is 31.8 Å². The van der Waals surface area contributed by atoms with Gasteiger partial charge in [-0.1, -0.05) is 6.92 Å². The van der Waals surface area contributed by atoms with Crippen LogP contribution in [0, 0.1) is 0 Å². The molecule has 3 heterocycles. The fourth-order valence-electron chi connectivity index (χ4n) is 1.85. The number of rotatable bonds is 3. The first-order chi connectivity index (χ1) is 8.79. The van der Waals surface area contributed by atoms with E-state index in [9.17, 15) is 0 Å². The van der Waals surface area contributed by atoms with Gasteiger partial charge in [0.2, 0.25) is 5.95 Å². The van der Waals surface area contributed by atoms with Crippen molar-refractivity contribution in [2.45, 2.75) is 19.8 Å². The zero-order chi connectivity index (χ0) is 12.5. The topological polar surface area (TPSA) is 98.3 Å². The first-order valence-electron chi connectivity index (χ1n) is 5.78. The first-order valence-corrected chi connectivity index (χ1v) is 5.78. The average molecular weight is 243 g/mol. The molecule has 0 bridgehead atoms. The number of anilines is 1. The number of nitrogens with two attached hydrogens (primary N) is 1. The number of aromatic nitrogens is 6. The summed E-state index contributed by atoms with van der Waals surface area (Å²) in [4.78, 5) is 20.2. The second-order valence-electron chi connectivity index (χ2n) is 3.97. The van der Waals surface area contributed by atoms with Gasteiger partial charge in [-0.15, -0.1) is 0 Å². The molecule has 0 aliphatic carbocycles. The van der Waals surface area contributed by atoms with Gasteiger partial charge in [0.25, 0.3) is 0 Å². The van der Waals surface area contributed by atoms with Gasteiger partial charge < -0.3 is 10.7 Å². The summed E-state index contributed by atoms with van der Waals surface area (Å²) in [5.41, 5.74) is 7.18. The molecule has 18 heavy (non-hydrogen) atoms. The molecule has 7 heteroatoms. The van der Waals surface area contributed by atoms with Gasteiger partial charge in [-0.05, 0) is 6.42 Å². The van der Waals surface area contributed by atoms with Crippen molar-refractivity contribution in [1.82, 2.24) is 29.5 Å². The lowest BCUT2D eigenvalue weighted by molar-refractivity contribution is 0.839. The van der Waals surface area contributed by atoms with E-state index < -0.39 is 0 Å². The van der Waals surface area contributed by atoms with Gasteiger partial charge in [0.15, 0.2) is 17.0 Å². The number of hydrogen-bond acceptors (Lipinski definition) is 5. The number of nitrogens with zero attached hydrogens (tertiary/aromatic N) is 5. The van der Waals surface area contributed by atoms with Crippen LogP contribution in [0.5, 0.6) is 0 Å². The normalized spacial score (nSPS) is 11.2. The van der Waals surface area contributed by atoms with Gasteiger partial charge in [0.1, 0.15) is 12.2 Å². The van der Waals surface area contributed by atoms with Gasteiger partial charge in [-0.3, -0.25) is 4.57 Å². The Morgan fingerprint density at radius 1 is 1.33 bits per heavy atom. The van der Waals surface area contributed by atoms with Crippen LogP contribution in [0.3, 0.4) is 0 Å². The van der Waals surface area contributed by atoms with Crippen molar-refractivity contribution >= 4 is 17.0 Å². The van der Waals surface area contributed by atoms with Gasteiger partial charge in [0, 0.05) is 18.8 Å². The number of hydrogen-bond donors (Lipinski definition) is 2. The first kappa shape index (κ1) is 10.7. The Labute approximate surface area is 103 Å². The van der Waals surface area contributed by atoms with E-state index in [0.717, 1.165) is 18.7 Å². The van der Waals surface area contributed by atoms with Gasteiger partial charge in [-0.2, -0.15) is 0 Å². The van der Waals surface area contributed by atoms with Crippen molar-refractivity contribution in [3.8, 4) is 5.95 Å². The fourth-order valence-corrected chi connectivity index (χ4v) is 1.85. The maximum absolute atomic E-state index is 5.90. The summed E-state index contributed by atoms with van der Waals surface area (Å²) < 4.78 is 1.77. The Kier molecular flexibility index (Phi) is 2.44. The summed E-state index contributed by atoms with van der Waals surface area (Å²) in [6.45, 7) is 2.08. The monoisotopic (exact) mass is 243 g/mol. The molecule has 0 saturated carbocycles. The summed E-state index contributed by atoms with van der Waals surface area (Å²) in [5, 5.41) is 0. The number of nitrogen functional groups attached to an aromatic ring is 1. The summed E-state index contributed by atoms with van der Waals surface area (Å²) in [6, 6.07) is 0. The van der Waals surface area contributed by atoms with Gasteiger partial charge >= 0.3 is 0 Å². The quantitative estimate of drug-likeness (QED) is 0.717. The van der Waals surface area contributed by atoms with Crippen molar-refractivity contribution in [3.63, 3.8) is 0 Å². The molecule has 0 radical (unpaired) electrons. The Morgan fingerprint density at radius 2 is 2.22 bits per heavy atom. The zero-order valence-corrected chi connectivity index (χ0v) is 9.96. The summed E-state index contributed by atoms with van der Waals surface area (Å²) in [5.74, 6) is 1.81. The van der Waals surface area contributed by atoms with Gasteiger partial charge in [-0.25, -0.2) is 19.9 Å². The molecule has 92 valence electrons. The molecule has 0 fully saturated rings. The van der Waals surface area contributed by atoms with Gasteiger partial charge in [0.05, 0.1) is 0 Å². The Balaban J connectivity index is 2.22. The van der Waals surface area contributed by atoms with Crippen molar-refractivity contribution in [2.24, 2.45) is 0 Å². The van der Waals surface area contributed by atoms with Crippen LogP contribution in [0.4, 0.5) is 5.82 Å². The molecule has 0 spiro atoms. The molecule has 3 N–H and O–H groups in total. The molecular weight excluding hydrogens is 230 g/mol. The van der Waals surface area contributed by atoms with Crippen molar-refractivity contribution in [1.29, 1.82) is 0 Å². The maximum atomic E-state index is 5.90. The highest BCUT2D eigenvalue weighted by Gasteiger charge is 2.12. The highest BCUT2D eigenvalue weighted by molar-refractivity contribution is 5.82. The number of aryl methyl sites for hydroxylation is 1. The van der Waals surface area contributed by atoms with Crippen LogP contribution in [0.2, 0.25) is 0 Å². The Hall–Kier alpha value is -2.44. The third-order valence-electron chi connectivity index (χ3n) is 2.65. The highest BCUT2D eigenvalue weighted by Crippen LogP contribution is 2.18. The van der Waals surface area contributed by atoms with E-state index >= 15 is 0 Å². The molecule has 0 amide bonds. The minimum atomic E-state index is 0.411. The highest BCUT2D eigenvalue weighted by atomic mass is 15.2.